The predicted octanol–water partition coefficient (Wildman–Crippen LogP) is 4.06. The van der Waals surface area contributed by atoms with Crippen LogP contribution in [0.5, 0.6) is 11.5 Å². The Morgan fingerprint density at radius 3 is 2.35 bits per heavy atom. The van der Waals surface area contributed by atoms with Crippen molar-refractivity contribution in [1.29, 1.82) is 0 Å². The second-order valence-electron chi connectivity index (χ2n) is 8.03. The van der Waals surface area contributed by atoms with Crippen molar-refractivity contribution in [3.05, 3.63) is 53.1 Å². The lowest BCUT2D eigenvalue weighted by molar-refractivity contribution is -0.152. The van der Waals surface area contributed by atoms with E-state index in [2.05, 4.69) is 10.6 Å². The molecule has 2 rings (SSSR count). The quantitative estimate of drug-likeness (QED) is 0.467. The zero-order valence-electron chi connectivity index (χ0n) is 18.9. The monoisotopic (exact) mass is 428 g/mol. The van der Waals surface area contributed by atoms with Crippen molar-refractivity contribution in [2.75, 3.05) is 19.0 Å². The molecule has 0 unspecified atom stereocenters. The molecule has 0 saturated heterocycles. The van der Waals surface area contributed by atoms with Gasteiger partial charge < -0.3 is 25.2 Å². The summed E-state index contributed by atoms with van der Waals surface area (Å²) in [6, 6.07) is 11.1. The number of hydrogen-bond acceptors (Lipinski definition) is 5. The van der Waals surface area contributed by atoms with Crippen molar-refractivity contribution in [2.45, 2.75) is 52.7 Å². The van der Waals surface area contributed by atoms with E-state index in [1.807, 2.05) is 38.1 Å². The summed E-state index contributed by atoms with van der Waals surface area (Å²) >= 11 is 0. The third kappa shape index (κ3) is 7.29. The normalized spacial score (nSPS) is 11.1. The topological polar surface area (TPSA) is 96.9 Å². The molecule has 0 radical (unpaired) electrons. The molecule has 0 fully saturated rings. The summed E-state index contributed by atoms with van der Waals surface area (Å²) in [4.78, 5) is 23.4. The molecule has 0 saturated carbocycles. The minimum Gasteiger partial charge on any atom is -0.496 e. The Morgan fingerprint density at radius 2 is 1.74 bits per heavy atom. The molecule has 0 atom stereocenters. The number of ether oxygens (including phenoxy) is 2. The van der Waals surface area contributed by atoms with Crippen LogP contribution in [0.15, 0.2) is 36.4 Å². The van der Waals surface area contributed by atoms with Crippen LogP contribution in [0.4, 0.5) is 5.69 Å². The molecule has 1 amide bonds. The van der Waals surface area contributed by atoms with Crippen LogP contribution >= 0.6 is 0 Å². The molecule has 2 aromatic carbocycles. The molecule has 2 aromatic rings. The van der Waals surface area contributed by atoms with Crippen molar-refractivity contribution in [3.8, 4) is 11.5 Å². The van der Waals surface area contributed by atoms with Gasteiger partial charge in [0.05, 0.1) is 7.11 Å². The number of rotatable bonds is 11. The molecule has 0 aromatic heterocycles. The number of nitrogens with one attached hydrogen (secondary N) is 2. The van der Waals surface area contributed by atoms with Crippen molar-refractivity contribution < 1.29 is 24.2 Å². The molecule has 0 aliphatic rings. The summed E-state index contributed by atoms with van der Waals surface area (Å²) in [6.07, 6.45) is 1.14. The highest BCUT2D eigenvalue weighted by atomic mass is 16.5. The first-order valence-corrected chi connectivity index (χ1v) is 10.3. The number of carboxylic acids is 1. The summed E-state index contributed by atoms with van der Waals surface area (Å²) in [5, 5.41) is 15.4. The summed E-state index contributed by atoms with van der Waals surface area (Å²) in [5.74, 6) is 0.290. The van der Waals surface area contributed by atoms with E-state index < -0.39 is 11.6 Å². The van der Waals surface area contributed by atoms with E-state index in [1.54, 1.807) is 19.2 Å². The van der Waals surface area contributed by atoms with Gasteiger partial charge in [-0.2, -0.15) is 0 Å². The number of carbonyl (C=O) groups is 2. The molecule has 7 heteroatoms. The molecule has 0 aliphatic heterocycles. The van der Waals surface area contributed by atoms with Crippen LogP contribution in [-0.2, 0) is 16.1 Å². The zero-order valence-corrected chi connectivity index (χ0v) is 18.9. The van der Waals surface area contributed by atoms with Crippen LogP contribution in [0.1, 0.15) is 43.4 Å². The smallest absolute Gasteiger partial charge is 0.347 e. The average Bonchev–Trinajstić information content (AvgIpc) is 2.71. The third-order valence-corrected chi connectivity index (χ3v) is 4.91. The Morgan fingerprint density at radius 1 is 1.06 bits per heavy atom. The lowest BCUT2D eigenvalue weighted by Crippen LogP contribution is -2.37. The van der Waals surface area contributed by atoms with Gasteiger partial charge in [0, 0.05) is 18.7 Å². The highest BCUT2D eigenvalue weighted by molar-refractivity contribution is 5.91. The van der Waals surface area contributed by atoms with Gasteiger partial charge in [0.25, 0.3) is 0 Å². The lowest BCUT2D eigenvalue weighted by Gasteiger charge is -2.21. The summed E-state index contributed by atoms with van der Waals surface area (Å²) in [6.45, 7) is 8.27. The fraction of sp³-hybridized carbons (Fsp3) is 0.417. The third-order valence-electron chi connectivity index (χ3n) is 4.91. The maximum Gasteiger partial charge on any atom is 0.347 e. The number of carbonyl (C=O) groups excluding carboxylic acids is 1. The number of aliphatic carboxylic acids is 1. The summed E-state index contributed by atoms with van der Waals surface area (Å²) < 4.78 is 10.8. The Hall–Kier alpha value is -3.06. The largest absolute Gasteiger partial charge is 0.496 e. The minimum absolute atomic E-state index is 0.0167. The standard InChI is InChI=1S/C24H32N2O5/c1-16-14-21(30-5)17(2)13-20(16)26-22(27)7-6-12-25-15-18-8-10-19(11-9-18)31-24(3,4)23(28)29/h8-11,13-14,25H,6-7,12,15H2,1-5H3,(H,26,27)(H,28,29). The van der Waals surface area contributed by atoms with Crippen molar-refractivity contribution in [1.82, 2.24) is 5.32 Å². The Labute approximate surface area is 183 Å². The van der Waals surface area contributed by atoms with Crippen LogP contribution in [0, 0.1) is 13.8 Å². The Balaban J connectivity index is 1.72. The Bertz CT molecular complexity index is 907. The molecule has 0 spiro atoms. The molecular weight excluding hydrogens is 396 g/mol. The van der Waals surface area contributed by atoms with Gasteiger partial charge in [-0.3, -0.25) is 4.79 Å². The van der Waals surface area contributed by atoms with E-state index in [0.717, 1.165) is 28.1 Å². The van der Waals surface area contributed by atoms with Gasteiger partial charge in [-0.1, -0.05) is 12.1 Å². The minimum atomic E-state index is -1.27. The second kappa shape index (κ2) is 10.8. The van der Waals surface area contributed by atoms with Gasteiger partial charge in [-0.15, -0.1) is 0 Å². The number of hydrogen-bond donors (Lipinski definition) is 3. The van der Waals surface area contributed by atoms with Gasteiger partial charge in [-0.25, -0.2) is 4.79 Å². The summed E-state index contributed by atoms with van der Waals surface area (Å²) in [5.41, 5.74) is 2.53. The fourth-order valence-corrected chi connectivity index (χ4v) is 2.98. The second-order valence-corrected chi connectivity index (χ2v) is 8.03. The molecular formula is C24H32N2O5. The van der Waals surface area contributed by atoms with Crippen LogP contribution in [0.25, 0.3) is 0 Å². The molecule has 7 nitrogen and oxygen atoms in total. The number of anilines is 1. The van der Waals surface area contributed by atoms with Gasteiger partial charge in [0.1, 0.15) is 11.5 Å². The first-order valence-electron chi connectivity index (χ1n) is 10.3. The highest BCUT2D eigenvalue weighted by Gasteiger charge is 2.29. The Kier molecular flexibility index (Phi) is 8.45. The van der Waals surface area contributed by atoms with Gasteiger partial charge in [-0.05, 0) is 81.6 Å². The highest BCUT2D eigenvalue weighted by Crippen LogP contribution is 2.26. The van der Waals surface area contributed by atoms with Gasteiger partial charge in [0.15, 0.2) is 5.60 Å². The first-order chi connectivity index (χ1) is 14.6. The first kappa shape index (κ1) is 24.2. The molecule has 3 N–H and O–H groups in total. The average molecular weight is 429 g/mol. The van der Waals surface area contributed by atoms with Crippen molar-refractivity contribution in [2.24, 2.45) is 0 Å². The number of aryl methyl sites for hydroxylation is 2. The van der Waals surface area contributed by atoms with E-state index in [0.29, 0.717) is 31.7 Å². The van der Waals surface area contributed by atoms with Crippen LogP contribution in [0.3, 0.4) is 0 Å². The molecule has 0 bridgehead atoms. The number of methoxy groups -OCH3 is 1. The number of benzene rings is 2. The van der Waals surface area contributed by atoms with E-state index in [1.165, 1.54) is 13.8 Å². The molecule has 168 valence electrons. The van der Waals surface area contributed by atoms with E-state index >= 15 is 0 Å². The number of amides is 1. The lowest BCUT2D eigenvalue weighted by atomic mass is 10.1. The van der Waals surface area contributed by atoms with E-state index in [4.69, 9.17) is 14.6 Å². The number of carboxylic acid groups (broad SMARTS) is 1. The molecule has 31 heavy (non-hydrogen) atoms. The van der Waals surface area contributed by atoms with Crippen molar-refractivity contribution in [3.63, 3.8) is 0 Å². The SMILES string of the molecule is COc1cc(C)c(NC(=O)CCCNCc2ccc(OC(C)(C)C(=O)O)cc2)cc1C. The summed E-state index contributed by atoms with van der Waals surface area (Å²) in [7, 11) is 1.63. The van der Waals surface area contributed by atoms with E-state index in [9.17, 15) is 9.59 Å². The van der Waals surface area contributed by atoms with Crippen molar-refractivity contribution >= 4 is 17.6 Å². The maximum atomic E-state index is 12.2. The van der Waals surface area contributed by atoms with E-state index in [-0.39, 0.29) is 5.91 Å². The van der Waals surface area contributed by atoms with Gasteiger partial charge in [0.2, 0.25) is 5.91 Å². The van der Waals surface area contributed by atoms with Crippen LogP contribution < -0.4 is 20.1 Å². The molecule has 0 heterocycles. The molecule has 0 aliphatic carbocycles. The predicted molar refractivity (Wildman–Crippen MR) is 121 cm³/mol. The van der Waals surface area contributed by atoms with Crippen LogP contribution in [-0.4, -0.2) is 36.2 Å². The van der Waals surface area contributed by atoms with Gasteiger partial charge >= 0.3 is 5.97 Å². The van der Waals surface area contributed by atoms with Crippen LogP contribution in [0.2, 0.25) is 0 Å². The maximum absolute atomic E-state index is 12.2. The fourth-order valence-electron chi connectivity index (χ4n) is 2.98. The zero-order chi connectivity index (χ0) is 23.0.